The van der Waals surface area contributed by atoms with Crippen LogP contribution >= 0.6 is 0 Å². The SMILES string of the molecule is CNCCC(C)c1cccc(NC(=O)C2Nc3c(C)ccc(F)c3C2C2CCCC2)c1. The van der Waals surface area contributed by atoms with Crippen molar-refractivity contribution in [3.05, 3.63) is 58.9 Å². The molecule has 3 N–H and O–H groups in total. The van der Waals surface area contributed by atoms with Crippen molar-refractivity contribution in [2.45, 2.75) is 63.8 Å². The lowest BCUT2D eigenvalue weighted by atomic mass is 9.81. The zero-order valence-electron chi connectivity index (χ0n) is 18.8. The lowest BCUT2D eigenvalue weighted by Gasteiger charge is -2.25. The Morgan fingerprint density at radius 3 is 2.74 bits per heavy atom. The first-order valence-electron chi connectivity index (χ1n) is 11.6. The van der Waals surface area contributed by atoms with Crippen LogP contribution in [0.2, 0.25) is 0 Å². The fourth-order valence-electron chi connectivity index (χ4n) is 5.36. The Balaban J connectivity index is 1.57. The van der Waals surface area contributed by atoms with Crippen LogP contribution in [0.15, 0.2) is 36.4 Å². The van der Waals surface area contributed by atoms with E-state index in [2.05, 4.69) is 35.0 Å². The number of nitrogens with one attached hydrogen (secondary N) is 3. The lowest BCUT2D eigenvalue weighted by molar-refractivity contribution is -0.117. The number of fused-ring (bicyclic) bond motifs is 1. The minimum atomic E-state index is -0.445. The molecule has 1 aliphatic carbocycles. The Hall–Kier alpha value is -2.40. The summed E-state index contributed by atoms with van der Waals surface area (Å²) < 4.78 is 14.9. The zero-order chi connectivity index (χ0) is 22.0. The van der Waals surface area contributed by atoms with Crippen molar-refractivity contribution in [3.63, 3.8) is 0 Å². The van der Waals surface area contributed by atoms with E-state index < -0.39 is 6.04 Å². The fourth-order valence-corrected chi connectivity index (χ4v) is 5.36. The second-order valence-corrected chi connectivity index (χ2v) is 9.25. The van der Waals surface area contributed by atoms with Crippen molar-refractivity contribution in [2.24, 2.45) is 5.92 Å². The summed E-state index contributed by atoms with van der Waals surface area (Å²) in [5.74, 6) is 0.359. The monoisotopic (exact) mass is 423 g/mol. The van der Waals surface area contributed by atoms with Gasteiger partial charge in [0.1, 0.15) is 11.9 Å². The van der Waals surface area contributed by atoms with Gasteiger partial charge in [-0.2, -0.15) is 0 Å². The minimum absolute atomic E-state index is 0.0769. The Kier molecular flexibility index (Phi) is 6.61. The van der Waals surface area contributed by atoms with E-state index in [1.165, 1.54) is 5.56 Å². The molecule has 1 amide bonds. The first-order chi connectivity index (χ1) is 15.0. The van der Waals surface area contributed by atoms with Gasteiger partial charge in [-0.15, -0.1) is 0 Å². The smallest absolute Gasteiger partial charge is 0.247 e. The Bertz CT molecular complexity index is 938. The molecule has 5 heteroatoms. The van der Waals surface area contributed by atoms with E-state index in [9.17, 15) is 9.18 Å². The highest BCUT2D eigenvalue weighted by atomic mass is 19.1. The molecule has 3 atom stereocenters. The summed E-state index contributed by atoms with van der Waals surface area (Å²) in [6.45, 7) is 5.14. The summed E-state index contributed by atoms with van der Waals surface area (Å²) in [5, 5.41) is 9.71. The van der Waals surface area contributed by atoms with E-state index in [0.717, 1.165) is 55.6 Å². The summed E-state index contributed by atoms with van der Waals surface area (Å²) >= 11 is 0. The third-order valence-corrected chi connectivity index (χ3v) is 7.13. The maximum atomic E-state index is 14.9. The Morgan fingerprint density at radius 2 is 2.00 bits per heavy atom. The molecule has 31 heavy (non-hydrogen) atoms. The number of amides is 1. The molecule has 166 valence electrons. The summed E-state index contributed by atoms with van der Waals surface area (Å²) in [7, 11) is 1.96. The van der Waals surface area contributed by atoms with Crippen molar-refractivity contribution >= 4 is 17.3 Å². The van der Waals surface area contributed by atoms with E-state index >= 15 is 0 Å². The highest BCUT2D eigenvalue weighted by Gasteiger charge is 2.44. The summed E-state index contributed by atoms with van der Waals surface area (Å²) in [5.41, 5.74) is 4.53. The van der Waals surface area contributed by atoms with Crippen LogP contribution in [0.5, 0.6) is 0 Å². The predicted molar refractivity (Wildman–Crippen MR) is 125 cm³/mol. The topological polar surface area (TPSA) is 53.2 Å². The van der Waals surface area contributed by atoms with E-state index in [4.69, 9.17) is 0 Å². The second-order valence-electron chi connectivity index (χ2n) is 9.25. The van der Waals surface area contributed by atoms with Crippen molar-refractivity contribution in [1.29, 1.82) is 0 Å². The van der Waals surface area contributed by atoms with Gasteiger partial charge < -0.3 is 16.0 Å². The molecule has 1 heterocycles. The first kappa shape index (κ1) is 21.8. The Morgan fingerprint density at radius 1 is 1.23 bits per heavy atom. The molecular weight excluding hydrogens is 389 g/mol. The second kappa shape index (κ2) is 9.39. The van der Waals surface area contributed by atoms with Gasteiger partial charge in [0.05, 0.1) is 0 Å². The van der Waals surface area contributed by atoms with Crippen LogP contribution in [-0.4, -0.2) is 25.5 Å². The van der Waals surface area contributed by atoms with Gasteiger partial charge in [0.15, 0.2) is 0 Å². The van der Waals surface area contributed by atoms with Crippen LogP contribution < -0.4 is 16.0 Å². The van der Waals surface area contributed by atoms with Crippen LogP contribution in [-0.2, 0) is 4.79 Å². The third kappa shape index (κ3) is 4.47. The van der Waals surface area contributed by atoms with E-state index in [0.29, 0.717) is 17.4 Å². The standard InChI is InChI=1S/C26H34FN3O/c1-16(13-14-28-3)19-9-6-10-20(15-19)29-26(31)25-22(18-7-4-5-8-18)23-21(27)12-11-17(2)24(23)30-25/h6,9-12,15-16,18,22,25,28,30H,4-5,7-8,13-14H2,1-3H3,(H,29,31). The van der Waals surface area contributed by atoms with Gasteiger partial charge in [-0.1, -0.05) is 38.0 Å². The van der Waals surface area contributed by atoms with Gasteiger partial charge in [0.2, 0.25) is 5.91 Å². The van der Waals surface area contributed by atoms with Crippen molar-refractivity contribution < 1.29 is 9.18 Å². The molecule has 3 unspecified atom stereocenters. The van der Waals surface area contributed by atoms with Crippen LogP contribution in [0, 0.1) is 18.7 Å². The lowest BCUT2D eigenvalue weighted by Crippen LogP contribution is -2.38. The largest absolute Gasteiger partial charge is 0.373 e. The zero-order valence-corrected chi connectivity index (χ0v) is 18.8. The van der Waals surface area contributed by atoms with E-state index in [1.807, 2.05) is 26.1 Å². The number of benzene rings is 2. The summed E-state index contributed by atoms with van der Waals surface area (Å²) in [6.07, 6.45) is 5.47. The van der Waals surface area contributed by atoms with Crippen molar-refractivity contribution in [2.75, 3.05) is 24.2 Å². The quantitative estimate of drug-likeness (QED) is 0.547. The molecule has 2 aromatic rings. The van der Waals surface area contributed by atoms with Crippen LogP contribution in [0.25, 0.3) is 0 Å². The first-order valence-corrected chi connectivity index (χ1v) is 11.6. The van der Waals surface area contributed by atoms with Gasteiger partial charge in [-0.25, -0.2) is 4.39 Å². The van der Waals surface area contributed by atoms with Crippen LogP contribution in [0.3, 0.4) is 0 Å². The van der Waals surface area contributed by atoms with Gasteiger partial charge >= 0.3 is 0 Å². The molecule has 0 bridgehead atoms. The minimum Gasteiger partial charge on any atom is -0.373 e. The number of carbonyl (C=O) groups is 1. The average molecular weight is 424 g/mol. The molecule has 0 aromatic heterocycles. The number of hydrogen-bond acceptors (Lipinski definition) is 3. The number of halogens is 1. The summed E-state index contributed by atoms with van der Waals surface area (Å²) in [4.78, 5) is 13.4. The predicted octanol–water partition coefficient (Wildman–Crippen LogP) is 5.55. The highest BCUT2D eigenvalue weighted by Crippen LogP contribution is 2.48. The summed E-state index contributed by atoms with van der Waals surface area (Å²) in [6, 6.07) is 11.0. The van der Waals surface area contributed by atoms with Crippen molar-refractivity contribution in [3.8, 4) is 0 Å². The van der Waals surface area contributed by atoms with Crippen LogP contribution in [0.1, 0.15) is 67.6 Å². The number of aryl methyl sites for hydroxylation is 1. The molecular formula is C26H34FN3O. The van der Waals surface area contributed by atoms with Gasteiger partial charge in [-0.3, -0.25) is 4.79 Å². The normalized spacial score (nSPS) is 21.5. The molecule has 2 aromatic carbocycles. The van der Waals surface area contributed by atoms with E-state index in [1.54, 1.807) is 12.1 Å². The van der Waals surface area contributed by atoms with Gasteiger partial charge in [0.25, 0.3) is 0 Å². The molecule has 1 aliphatic heterocycles. The number of hydrogen-bond donors (Lipinski definition) is 3. The highest BCUT2D eigenvalue weighted by molar-refractivity contribution is 5.99. The molecule has 1 saturated carbocycles. The molecule has 0 radical (unpaired) electrons. The molecule has 4 nitrogen and oxygen atoms in total. The van der Waals surface area contributed by atoms with Crippen LogP contribution in [0.4, 0.5) is 15.8 Å². The maximum absolute atomic E-state index is 14.9. The molecule has 2 aliphatic rings. The average Bonchev–Trinajstić information content (AvgIpc) is 3.43. The van der Waals surface area contributed by atoms with Gasteiger partial charge in [-0.05, 0) is 80.9 Å². The maximum Gasteiger partial charge on any atom is 0.247 e. The van der Waals surface area contributed by atoms with E-state index in [-0.39, 0.29) is 17.6 Å². The fraction of sp³-hybridized carbons (Fsp3) is 0.500. The molecule has 1 fully saturated rings. The molecule has 0 saturated heterocycles. The number of carbonyl (C=O) groups excluding carboxylic acids is 1. The van der Waals surface area contributed by atoms with Gasteiger partial charge in [0, 0.05) is 22.9 Å². The Labute approximate surface area is 185 Å². The number of anilines is 2. The molecule has 0 spiro atoms. The molecule has 4 rings (SSSR count). The number of rotatable bonds is 7. The van der Waals surface area contributed by atoms with Crippen molar-refractivity contribution in [1.82, 2.24) is 5.32 Å². The third-order valence-electron chi connectivity index (χ3n) is 7.13.